The van der Waals surface area contributed by atoms with Crippen LogP contribution in [0.5, 0.6) is 0 Å². The van der Waals surface area contributed by atoms with Crippen molar-refractivity contribution in [3.05, 3.63) is 0 Å². The Bertz CT molecular complexity index is 192. The zero-order valence-corrected chi connectivity index (χ0v) is 12.7. The van der Waals surface area contributed by atoms with E-state index in [9.17, 15) is 9.90 Å². The molecular weight excluding hydrogens is 325 g/mol. The first kappa shape index (κ1) is 15.5. The van der Waals surface area contributed by atoms with Crippen LogP contribution >= 0.6 is 34.4 Å². The van der Waals surface area contributed by atoms with E-state index in [-0.39, 0.29) is 16.1 Å². The molecule has 2 unspecified atom stereocenters. The van der Waals surface area contributed by atoms with Gasteiger partial charge in [-0.2, -0.15) is 11.8 Å². The molecule has 0 aromatic heterocycles. The minimum atomic E-state index is -0.707. The summed E-state index contributed by atoms with van der Waals surface area (Å²) in [6.07, 6.45) is 2.72. The third-order valence-electron chi connectivity index (χ3n) is 2.25. The molecule has 0 heterocycles. The largest absolute Gasteiger partial charge is 0.480 e. The molecule has 15 heavy (non-hydrogen) atoms. The molecule has 0 saturated heterocycles. The second-order valence-corrected chi connectivity index (χ2v) is 6.54. The van der Waals surface area contributed by atoms with Gasteiger partial charge < -0.3 is 5.11 Å². The standard InChI is InChI=1S/C10H20INO2S/c1-7(2)12(8(3)11)9(10(13)14)5-6-15-4/h7-9H,5-6H2,1-4H3,(H,13,14). The van der Waals surface area contributed by atoms with E-state index in [0.29, 0.717) is 6.42 Å². The number of rotatable bonds is 7. The molecule has 0 aliphatic rings. The smallest absolute Gasteiger partial charge is 0.320 e. The minimum absolute atomic E-state index is 0.241. The number of carboxylic acids is 1. The highest BCUT2D eigenvalue weighted by atomic mass is 127. The summed E-state index contributed by atoms with van der Waals surface area (Å²) in [6, 6.07) is -0.0933. The quantitative estimate of drug-likeness (QED) is 0.438. The number of carboxylic acid groups (broad SMARTS) is 1. The molecule has 0 aliphatic carbocycles. The summed E-state index contributed by atoms with van der Waals surface area (Å²) in [7, 11) is 0. The van der Waals surface area contributed by atoms with Crippen molar-refractivity contribution in [1.82, 2.24) is 4.90 Å². The van der Waals surface area contributed by atoms with E-state index in [1.807, 2.05) is 27.0 Å². The van der Waals surface area contributed by atoms with E-state index in [1.54, 1.807) is 11.8 Å². The number of hydrogen-bond acceptors (Lipinski definition) is 3. The van der Waals surface area contributed by atoms with Gasteiger partial charge in [0.1, 0.15) is 6.04 Å². The molecule has 0 bridgehead atoms. The number of alkyl halides is 1. The summed E-state index contributed by atoms with van der Waals surface area (Å²) in [4.78, 5) is 13.3. The molecule has 2 atom stereocenters. The average molecular weight is 345 g/mol. The maximum Gasteiger partial charge on any atom is 0.320 e. The highest BCUT2D eigenvalue weighted by Crippen LogP contribution is 2.19. The maximum absolute atomic E-state index is 11.2. The molecule has 0 aromatic carbocycles. The predicted molar refractivity (Wildman–Crippen MR) is 74.9 cm³/mol. The predicted octanol–water partition coefficient (Wildman–Crippen LogP) is 2.68. The molecule has 5 heteroatoms. The van der Waals surface area contributed by atoms with Crippen molar-refractivity contribution in [3.63, 3.8) is 0 Å². The van der Waals surface area contributed by atoms with E-state index < -0.39 is 5.97 Å². The van der Waals surface area contributed by atoms with Crippen LogP contribution in [0.25, 0.3) is 0 Å². The third-order valence-corrected chi connectivity index (χ3v) is 3.53. The molecule has 0 aliphatic heterocycles. The number of thioether (sulfide) groups is 1. The van der Waals surface area contributed by atoms with Gasteiger partial charge in [-0.15, -0.1) is 0 Å². The molecule has 3 nitrogen and oxygen atoms in total. The number of carbonyl (C=O) groups is 1. The lowest BCUT2D eigenvalue weighted by molar-refractivity contribution is -0.144. The summed E-state index contributed by atoms with van der Waals surface area (Å²) in [6.45, 7) is 6.13. The van der Waals surface area contributed by atoms with Crippen LogP contribution in [-0.2, 0) is 4.79 Å². The molecule has 0 amide bonds. The normalized spacial score (nSPS) is 15.7. The van der Waals surface area contributed by atoms with Gasteiger partial charge in [-0.05, 0) is 39.2 Å². The van der Waals surface area contributed by atoms with Crippen LogP contribution in [0.2, 0.25) is 0 Å². The topological polar surface area (TPSA) is 40.5 Å². The summed E-state index contributed by atoms with van der Waals surface area (Å²) in [5, 5.41) is 9.21. The van der Waals surface area contributed by atoms with Crippen LogP contribution in [0.4, 0.5) is 0 Å². The van der Waals surface area contributed by atoms with Crippen molar-refractivity contribution in [1.29, 1.82) is 0 Å². The fraction of sp³-hybridized carbons (Fsp3) is 0.900. The Balaban J connectivity index is 4.60. The maximum atomic E-state index is 11.2. The van der Waals surface area contributed by atoms with E-state index in [2.05, 4.69) is 27.5 Å². The first-order valence-electron chi connectivity index (χ1n) is 5.05. The van der Waals surface area contributed by atoms with Crippen molar-refractivity contribution >= 4 is 40.3 Å². The van der Waals surface area contributed by atoms with Gasteiger partial charge in [-0.25, -0.2) is 0 Å². The van der Waals surface area contributed by atoms with Crippen LogP contribution < -0.4 is 0 Å². The number of aliphatic carboxylic acids is 1. The van der Waals surface area contributed by atoms with Crippen LogP contribution in [0.15, 0.2) is 0 Å². The third kappa shape index (κ3) is 5.40. The highest BCUT2D eigenvalue weighted by molar-refractivity contribution is 14.1. The average Bonchev–Trinajstić information content (AvgIpc) is 2.09. The molecule has 0 saturated carbocycles. The van der Waals surface area contributed by atoms with Crippen LogP contribution in [0.3, 0.4) is 0 Å². The van der Waals surface area contributed by atoms with Crippen molar-refractivity contribution in [3.8, 4) is 0 Å². The Kier molecular flexibility index (Phi) is 7.99. The van der Waals surface area contributed by atoms with E-state index in [0.717, 1.165) is 5.75 Å². The molecule has 0 fully saturated rings. The van der Waals surface area contributed by atoms with Crippen LogP contribution in [-0.4, -0.2) is 44.1 Å². The SMILES string of the molecule is CSCCC(C(=O)O)N(C(C)C)C(C)I. The van der Waals surface area contributed by atoms with E-state index in [4.69, 9.17) is 0 Å². The van der Waals surface area contributed by atoms with Gasteiger partial charge in [0, 0.05) is 6.04 Å². The van der Waals surface area contributed by atoms with Crippen molar-refractivity contribution in [2.24, 2.45) is 0 Å². The molecule has 0 spiro atoms. The first-order valence-corrected chi connectivity index (χ1v) is 7.69. The zero-order valence-electron chi connectivity index (χ0n) is 9.74. The van der Waals surface area contributed by atoms with E-state index >= 15 is 0 Å². The second-order valence-electron chi connectivity index (χ2n) is 3.75. The Hall–Kier alpha value is 0.510. The Morgan fingerprint density at radius 2 is 2.00 bits per heavy atom. The van der Waals surface area contributed by atoms with E-state index in [1.165, 1.54) is 0 Å². The summed E-state index contributed by atoms with van der Waals surface area (Å²) >= 11 is 3.97. The molecule has 0 aromatic rings. The number of nitrogens with zero attached hydrogens (tertiary/aromatic N) is 1. The van der Waals surface area contributed by atoms with Gasteiger partial charge in [-0.1, -0.05) is 22.6 Å². The lowest BCUT2D eigenvalue weighted by atomic mass is 10.1. The molecule has 1 N–H and O–H groups in total. The van der Waals surface area contributed by atoms with Gasteiger partial charge in [0.15, 0.2) is 0 Å². The van der Waals surface area contributed by atoms with Crippen molar-refractivity contribution < 1.29 is 9.90 Å². The van der Waals surface area contributed by atoms with Crippen molar-refractivity contribution in [2.75, 3.05) is 12.0 Å². The summed E-state index contributed by atoms with van der Waals surface area (Å²) < 4.78 is 0.241. The van der Waals surface area contributed by atoms with Gasteiger partial charge in [-0.3, -0.25) is 9.69 Å². The zero-order chi connectivity index (χ0) is 12.0. The fourth-order valence-electron chi connectivity index (χ4n) is 1.65. The summed E-state index contributed by atoms with van der Waals surface area (Å²) in [5.41, 5.74) is 0. The van der Waals surface area contributed by atoms with Crippen LogP contribution in [0, 0.1) is 0 Å². The number of hydrogen-bond donors (Lipinski definition) is 1. The molecular formula is C10H20INO2S. The molecule has 90 valence electrons. The lowest BCUT2D eigenvalue weighted by Crippen LogP contribution is -2.48. The second kappa shape index (κ2) is 7.73. The number of halogens is 1. The molecule has 0 radical (unpaired) electrons. The Morgan fingerprint density at radius 1 is 1.47 bits per heavy atom. The van der Waals surface area contributed by atoms with Gasteiger partial charge in [0.05, 0.1) is 4.05 Å². The summed E-state index contributed by atoms with van der Waals surface area (Å²) in [5.74, 6) is 0.185. The Labute approximate surface area is 110 Å². The van der Waals surface area contributed by atoms with Crippen LogP contribution in [0.1, 0.15) is 27.2 Å². The van der Waals surface area contributed by atoms with Gasteiger partial charge in [0.25, 0.3) is 0 Å². The fourth-order valence-corrected chi connectivity index (χ4v) is 3.14. The monoisotopic (exact) mass is 345 g/mol. The van der Waals surface area contributed by atoms with Gasteiger partial charge in [0.2, 0.25) is 0 Å². The highest BCUT2D eigenvalue weighted by Gasteiger charge is 2.29. The minimum Gasteiger partial charge on any atom is -0.480 e. The Morgan fingerprint density at radius 3 is 2.27 bits per heavy atom. The van der Waals surface area contributed by atoms with Crippen molar-refractivity contribution in [2.45, 2.75) is 43.3 Å². The first-order chi connectivity index (χ1) is 6.91. The lowest BCUT2D eigenvalue weighted by Gasteiger charge is -2.34. The molecule has 0 rings (SSSR count). The van der Waals surface area contributed by atoms with Gasteiger partial charge >= 0.3 is 5.97 Å².